The van der Waals surface area contributed by atoms with Gasteiger partial charge in [0.1, 0.15) is 5.70 Å². The predicted octanol–water partition coefficient (Wildman–Crippen LogP) is 1.26. The highest BCUT2D eigenvalue weighted by atomic mass is 16.5. The van der Waals surface area contributed by atoms with E-state index in [2.05, 4.69) is 14.8 Å². The summed E-state index contributed by atoms with van der Waals surface area (Å²) in [6, 6.07) is 4.92. The second kappa shape index (κ2) is 7.82. The molecule has 0 saturated heterocycles. The van der Waals surface area contributed by atoms with Crippen molar-refractivity contribution in [3.63, 3.8) is 0 Å². The first-order chi connectivity index (χ1) is 10.4. The molecule has 0 spiro atoms. The number of benzene rings is 1. The average molecular weight is 307 g/mol. The number of aliphatic carboxylic acids is 1. The molecular formula is C15H17NO6. The first-order valence-electron chi connectivity index (χ1n) is 6.33. The molecule has 1 aromatic rings. The Balaban J connectivity index is 3.01. The summed E-state index contributed by atoms with van der Waals surface area (Å²) < 4.78 is 9.05. The van der Waals surface area contributed by atoms with Gasteiger partial charge in [0.05, 0.1) is 26.7 Å². The lowest BCUT2D eigenvalue weighted by molar-refractivity contribution is -0.138. The number of rotatable bonds is 6. The lowest BCUT2D eigenvalue weighted by Gasteiger charge is -2.11. The third-order valence-electron chi connectivity index (χ3n) is 2.83. The molecule has 2 N–H and O–H groups in total. The molecule has 118 valence electrons. The van der Waals surface area contributed by atoms with Crippen molar-refractivity contribution in [2.75, 3.05) is 19.5 Å². The van der Waals surface area contributed by atoms with E-state index in [1.54, 1.807) is 25.1 Å². The molecule has 7 nitrogen and oxygen atoms in total. The van der Waals surface area contributed by atoms with Gasteiger partial charge in [0, 0.05) is 5.69 Å². The van der Waals surface area contributed by atoms with Crippen molar-refractivity contribution in [2.45, 2.75) is 13.3 Å². The Hall–Kier alpha value is -2.83. The second-order valence-electron chi connectivity index (χ2n) is 4.41. The highest BCUT2D eigenvalue weighted by Gasteiger charge is 2.13. The van der Waals surface area contributed by atoms with Crippen molar-refractivity contribution >= 4 is 23.6 Å². The van der Waals surface area contributed by atoms with Gasteiger partial charge in [-0.25, -0.2) is 9.59 Å². The summed E-state index contributed by atoms with van der Waals surface area (Å²) in [5, 5.41) is 11.6. The Morgan fingerprint density at radius 2 is 1.91 bits per heavy atom. The molecule has 0 saturated carbocycles. The van der Waals surface area contributed by atoms with Gasteiger partial charge in [0.15, 0.2) is 0 Å². The van der Waals surface area contributed by atoms with Crippen LogP contribution >= 0.6 is 0 Å². The van der Waals surface area contributed by atoms with Crippen LogP contribution in [-0.2, 0) is 30.3 Å². The maximum absolute atomic E-state index is 11.6. The average Bonchev–Trinajstić information content (AvgIpc) is 2.47. The number of carboxylic acid groups (broad SMARTS) is 1. The zero-order valence-electron chi connectivity index (χ0n) is 12.5. The lowest BCUT2D eigenvalue weighted by Crippen LogP contribution is -2.15. The van der Waals surface area contributed by atoms with Gasteiger partial charge < -0.3 is 19.9 Å². The van der Waals surface area contributed by atoms with E-state index in [4.69, 9.17) is 5.11 Å². The number of hydrogen-bond donors (Lipinski definition) is 2. The molecule has 0 bridgehead atoms. The summed E-state index contributed by atoms with van der Waals surface area (Å²) in [5.41, 5.74) is 1.84. The fourth-order valence-corrected chi connectivity index (χ4v) is 1.72. The van der Waals surface area contributed by atoms with Crippen LogP contribution in [0, 0.1) is 6.92 Å². The van der Waals surface area contributed by atoms with Gasteiger partial charge in [0.25, 0.3) is 0 Å². The number of carbonyl (C=O) groups excluding carboxylic acids is 2. The van der Waals surface area contributed by atoms with E-state index in [0.29, 0.717) is 11.3 Å². The molecule has 1 rings (SSSR count). The highest BCUT2D eigenvalue weighted by Crippen LogP contribution is 2.18. The van der Waals surface area contributed by atoms with Crippen molar-refractivity contribution in [3.8, 4) is 0 Å². The number of hydrogen-bond acceptors (Lipinski definition) is 6. The fraction of sp³-hybridized carbons (Fsp3) is 0.267. The van der Waals surface area contributed by atoms with Crippen LogP contribution in [0.2, 0.25) is 0 Å². The Morgan fingerprint density at radius 3 is 2.41 bits per heavy atom. The molecule has 0 fully saturated rings. The van der Waals surface area contributed by atoms with Gasteiger partial charge in [-0.2, -0.15) is 0 Å². The van der Waals surface area contributed by atoms with Gasteiger partial charge in [-0.3, -0.25) is 4.79 Å². The summed E-state index contributed by atoms with van der Waals surface area (Å²) in [5.74, 6) is -2.35. The number of carbonyl (C=O) groups is 3. The number of carboxylic acids is 1. The number of aryl methyl sites for hydroxylation is 1. The minimum atomic E-state index is -0.926. The summed E-state index contributed by atoms with van der Waals surface area (Å²) >= 11 is 0. The Kier molecular flexibility index (Phi) is 6.12. The lowest BCUT2D eigenvalue weighted by atomic mass is 10.0. The topological polar surface area (TPSA) is 102 Å². The first-order valence-corrected chi connectivity index (χ1v) is 6.33. The summed E-state index contributed by atoms with van der Waals surface area (Å²) in [7, 11) is 2.38. The molecule has 0 aliphatic carbocycles. The SMILES string of the molecule is COC(=O)/C=C(/Nc1ccc(CC(=O)O)c(C)c1)C(=O)OC. The van der Waals surface area contributed by atoms with Crippen molar-refractivity contribution in [1.82, 2.24) is 0 Å². The number of nitrogens with one attached hydrogen (secondary N) is 1. The fourth-order valence-electron chi connectivity index (χ4n) is 1.72. The van der Waals surface area contributed by atoms with Crippen molar-refractivity contribution < 1.29 is 29.0 Å². The van der Waals surface area contributed by atoms with E-state index in [1.165, 1.54) is 14.2 Å². The highest BCUT2D eigenvalue weighted by molar-refractivity contribution is 5.98. The zero-order valence-corrected chi connectivity index (χ0v) is 12.5. The van der Waals surface area contributed by atoms with Gasteiger partial charge >= 0.3 is 17.9 Å². The molecule has 0 radical (unpaired) electrons. The van der Waals surface area contributed by atoms with Crippen LogP contribution in [0.25, 0.3) is 0 Å². The van der Waals surface area contributed by atoms with Crippen molar-refractivity contribution in [2.24, 2.45) is 0 Å². The minimum absolute atomic E-state index is 0.0836. The molecule has 0 aliphatic rings. The van der Waals surface area contributed by atoms with Gasteiger partial charge in [-0.05, 0) is 30.2 Å². The molecule has 0 aromatic heterocycles. The van der Waals surface area contributed by atoms with Gasteiger partial charge in [0.2, 0.25) is 0 Å². The normalized spacial score (nSPS) is 10.8. The van der Waals surface area contributed by atoms with E-state index < -0.39 is 17.9 Å². The van der Waals surface area contributed by atoms with E-state index in [1.807, 2.05) is 0 Å². The Labute approximate surface area is 127 Å². The van der Waals surface area contributed by atoms with E-state index in [9.17, 15) is 14.4 Å². The standard InChI is InChI=1S/C15H17NO6/c1-9-6-11(5-4-10(9)7-13(17)18)16-12(15(20)22-3)8-14(19)21-2/h4-6,8,16H,7H2,1-3H3,(H,17,18)/b12-8+. The maximum atomic E-state index is 11.6. The van der Waals surface area contributed by atoms with Crippen molar-refractivity contribution in [3.05, 3.63) is 41.1 Å². The smallest absolute Gasteiger partial charge is 0.354 e. The molecule has 7 heteroatoms. The minimum Gasteiger partial charge on any atom is -0.481 e. The van der Waals surface area contributed by atoms with E-state index in [-0.39, 0.29) is 12.1 Å². The molecule has 1 aromatic carbocycles. The van der Waals surface area contributed by atoms with Crippen LogP contribution < -0.4 is 5.32 Å². The number of ether oxygens (including phenoxy) is 2. The Bertz CT molecular complexity index is 620. The van der Waals surface area contributed by atoms with Crippen LogP contribution in [-0.4, -0.2) is 37.2 Å². The van der Waals surface area contributed by atoms with Crippen LogP contribution in [0.5, 0.6) is 0 Å². The summed E-state index contributed by atoms with van der Waals surface area (Å²) in [6.07, 6.45) is 0.889. The number of anilines is 1. The van der Waals surface area contributed by atoms with Crippen LogP contribution in [0.1, 0.15) is 11.1 Å². The molecule has 0 heterocycles. The molecule has 22 heavy (non-hydrogen) atoms. The first kappa shape index (κ1) is 17.2. The molecule has 0 aliphatic heterocycles. The van der Waals surface area contributed by atoms with Gasteiger partial charge in [-0.1, -0.05) is 6.07 Å². The summed E-state index contributed by atoms with van der Waals surface area (Å²) in [4.78, 5) is 33.6. The third-order valence-corrected chi connectivity index (χ3v) is 2.83. The van der Waals surface area contributed by atoms with E-state index >= 15 is 0 Å². The van der Waals surface area contributed by atoms with Crippen LogP contribution in [0.4, 0.5) is 5.69 Å². The predicted molar refractivity (Wildman–Crippen MR) is 78.3 cm³/mol. The second-order valence-corrected chi connectivity index (χ2v) is 4.41. The zero-order chi connectivity index (χ0) is 16.7. The maximum Gasteiger partial charge on any atom is 0.354 e. The largest absolute Gasteiger partial charge is 0.481 e. The molecular weight excluding hydrogens is 290 g/mol. The van der Waals surface area contributed by atoms with Crippen LogP contribution in [0.15, 0.2) is 30.0 Å². The van der Waals surface area contributed by atoms with E-state index in [0.717, 1.165) is 11.6 Å². The third kappa shape index (κ3) is 4.93. The molecule has 0 amide bonds. The van der Waals surface area contributed by atoms with Crippen molar-refractivity contribution in [1.29, 1.82) is 0 Å². The van der Waals surface area contributed by atoms with Gasteiger partial charge in [-0.15, -0.1) is 0 Å². The number of esters is 2. The van der Waals surface area contributed by atoms with Crippen LogP contribution in [0.3, 0.4) is 0 Å². The number of methoxy groups -OCH3 is 2. The Morgan fingerprint density at radius 1 is 1.23 bits per heavy atom. The monoisotopic (exact) mass is 307 g/mol. The molecule has 0 unspecified atom stereocenters. The molecule has 0 atom stereocenters. The summed E-state index contributed by atoms with van der Waals surface area (Å²) in [6.45, 7) is 1.76. The quantitative estimate of drug-likeness (QED) is 0.602.